The molecule has 2 rings (SSSR count). The van der Waals surface area contributed by atoms with E-state index in [0.717, 1.165) is 14.4 Å². The molecule has 18 heavy (non-hydrogen) atoms. The van der Waals surface area contributed by atoms with Crippen LogP contribution in [0.5, 0.6) is 0 Å². The van der Waals surface area contributed by atoms with E-state index in [-0.39, 0.29) is 5.82 Å². The van der Waals surface area contributed by atoms with Gasteiger partial charge in [0.15, 0.2) is 0 Å². The molecule has 0 atom stereocenters. The maximum atomic E-state index is 13.7. The summed E-state index contributed by atoms with van der Waals surface area (Å²) >= 11 is 4.88. The third kappa shape index (κ3) is 3.10. The normalized spacial score (nSPS) is 10.6. The molecule has 0 amide bonds. The lowest BCUT2D eigenvalue weighted by molar-refractivity contribution is 0.603. The summed E-state index contributed by atoms with van der Waals surface area (Å²) in [5, 5.41) is 0.821. The van der Waals surface area contributed by atoms with E-state index in [1.165, 1.54) is 17.8 Å². The van der Waals surface area contributed by atoms with Crippen LogP contribution < -0.4 is 5.73 Å². The number of pyridine rings is 1. The Morgan fingerprint density at radius 1 is 1.28 bits per heavy atom. The van der Waals surface area contributed by atoms with Gasteiger partial charge in [0, 0.05) is 16.7 Å². The number of benzene rings is 1. The van der Waals surface area contributed by atoms with E-state index < -0.39 is 0 Å². The van der Waals surface area contributed by atoms with Crippen LogP contribution in [0.1, 0.15) is 5.56 Å². The second kappa shape index (κ2) is 6.31. The summed E-state index contributed by atoms with van der Waals surface area (Å²) < 4.78 is 14.6. The van der Waals surface area contributed by atoms with E-state index in [1.54, 1.807) is 12.3 Å². The number of aromatic nitrogens is 1. The van der Waals surface area contributed by atoms with Crippen molar-refractivity contribution in [2.45, 2.75) is 16.3 Å². The first-order valence-electron chi connectivity index (χ1n) is 5.48. The van der Waals surface area contributed by atoms with Crippen molar-refractivity contribution < 1.29 is 4.39 Å². The highest BCUT2D eigenvalue weighted by Crippen LogP contribution is 2.34. The van der Waals surface area contributed by atoms with E-state index in [1.807, 2.05) is 18.2 Å². The zero-order valence-corrected chi connectivity index (χ0v) is 12.0. The fraction of sp³-hybridized carbons (Fsp3) is 0.154. The van der Waals surface area contributed by atoms with Gasteiger partial charge in [0.1, 0.15) is 10.8 Å². The largest absolute Gasteiger partial charge is 0.330 e. The molecular formula is C13H12BrFN2S. The average Bonchev–Trinajstić information content (AvgIpc) is 2.36. The molecule has 1 heterocycles. The van der Waals surface area contributed by atoms with Crippen LogP contribution in [0.25, 0.3) is 0 Å². The smallest absolute Gasteiger partial charge is 0.127 e. The van der Waals surface area contributed by atoms with E-state index in [9.17, 15) is 4.39 Å². The van der Waals surface area contributed by atoms with Crippen LogP contribution in [-0.4, -0.2) is 11.5 Å². The Labute approximate surface area is 118 Å². The minimum Gasteiger partial charge on any atom is -0.330 e. The zero-order valence-electron chi connectivity index (χ0n) is 9.57. The number of nitrogens with two attached hydrogens (primary N) is 1. The van der Waals surface area contributed by atoms with Crippen LogP contribution in [0.15, 0.2) is 50.9 Å². The van der Waals surface area contributed by atoms with Crippen molar-refractivity contribution >= 4 is 27.7 Å². The van der Waals surface area contributed by atoms with E-state index in [4.69, 9.17) is 5.73 Å². The number of hydrogen-bond donors (Lipinski definition) is 1. The molecule has 0 bridgehead atoms. The lowest BCUT2D eigenvalue weighted by atomic mass is 10.1. The Kier molecular flexibility index (Phi) is 4.74. The summed E-state index contributed by atoms with van der Waals surface area (Å²) in [6.07, 6.45) is 2.24. The Balaban J connectivity index is 2.34. The molecule has 94 valence electrons. The van der Waals surface area contributed by atoms with Crippen LogP contribution in [0.3, 0.4) is 0 Å². The molecular weight excluding hydrogens is 315 g/mol. The minimum atomic E-state index is -0.211. The van der Waals surface area contributed by atoms with Crippen LogP contribution in [0.4, 0.5) is 4.39 Å². The molecule has 1 aromatic heterocycles. The van der Waals surface area contributed by atoms with Crippen LogP contribution in [0, 0.1) is 5.82 Å². The van der Waals surface area contributed by atoms with Crippen LogP contribution in [0.2, 0.25) is 0 Å². The van der Waals surface area contributed by atoms with Gasteiger partial charge >= 0.3 is 0 Å². The molecule has 2 N–H and O–H groups in total. The van der Waals surface area contributed by atoms with Gasteiger partial charge in [0.05, 0.1) is 4.47 Å². The third-order valence-electron chi connectivity index (χ3n) is 2.40. The van der Waals surface area contributed by atoms with Gasteiger partial charge in [-0.1, -0.05) is 17.8 Å². The highest BCUT2D eigenvalue weighted by Gasteiger charge is 2.11. The summed E-state index contributed by atoms with van der Waals surface area (Å²) in [6, 6.07) is 8.81. The monoisotopic (exact) mass is 326 g/mol. The first-order chi connectivity index (χ1) is 8.72. The van der Waals surface area contributed by atoms with Crippen LogP contribution in [-0.2, 0) is 6.42 Å². The fourth-order valence-corrected chi connectivity index (χ4v) is 3.03. The highest BCUT2D eigenvalue weighted by atomic mass is 79.9. The van der Waals surface area contributed by atoms with Gasteiger partial charge in [-0.2, -0.15) is 0 Å². The molecule has 2 nitrogen and oxygen atoms in total. The van der Waals surface area contributed by atoms with Crippen molar-refractivity contribution in [2.24, 2.45) is 5.73 Å². The van der Waals surface area contributed by atoms with Gasteiger partial charge in [-0.25, -0.2) is 9.37 Å². The van der Waals surface area contributed by atoms with Crippen molar-refractivity contribution in [1.82, 2.24) is 4.98 Å². The molecule has 0 fully saturated rings. The molecule has 0 aliphatic carbocycles. The summed E-state index contributed by atoms with van der Waals surface area (Å²) in [6.45, 7) is 0.428. The Bertz CT molecular complexity index is 548. The molecule has 0 aliphatic heterocycles. The summed E-state index contributed by atoms with van der Waals surface area (Å²) in [7, 11) is 0. The number of halogens is 2. The Hall–Kier alpha value is -0.910. The summed E-state index contributed by atoms with van der Waals surface area (Å²) in [5.74, 6) is -0.211. The van der Waals surface area contributed by atoms with Crippen molar-refractivity contribution in [2.75, 3.05) is 6.54 Å². The quantitative estimate of drug-likeness (QED) is 0.932. The summed E-state index contributed by atoms with van der Waals surface area (Å²) in [4.78, 5) is 5.13. The van der Waals surface area contributed by atoms with Gasteiger partial charge in [0.25, 0.3) is 0 Å². The van der Waals surface area contributed by atoms with Crippen molar-refractivity contribution in [1.29, 1.82) is 0 Å². The van der Waals surface area contributed by atoms with Gasteiger partial charge < -0.3 is 5.73 Å². The predicted octanol–water partition coefficient (Wildman–Crippen LogP) is 3.64. The van der Waals surface area contributed by atoms with E-state index in [0.29, 0.717) is 18.5 Å². The van der Waals surface area contributed by atoms with Gasteiger partial charge in [0.2, 0.25) is 0 Å². The van der Waals surface area contributed by atoms with Gasteiger partial charge in [-0.15, -0.1) is 0 Å². The average molecular weight is 327 g/mol. The predicted molar refractivity (Wildman–Crippen MR) is 75.2 cm³/mol. The standard InChI is InChI=1S/C13H12BrFN2S/c14-10-3-2-8-17-13(10)18-12-5-1-4-11(15)9(12)6-7-16/h1-5,8H,6-7,16H2. The number of rotatable bonds is 4. The SMILES string of the molecule is NCCc1c(F)cccc1Sc1ncccc1Br. The van der Waals surface area contributed by atoms with Gasteiger partial charge in [-0.05, 0) is 53.2 Å². The van der Waals surface area contributed by atoms with E-state index in [2.05, 4.69) is 20.9 Å². The summed E-state index contributed by atoms with van der Waals surface area (Å²) in [5.41, 5.74) is 6.18. The molecule has 0 saturated heterocycles. The number of hydrogen-bond acceptors (Lipinski definition) is 3. The van der Waals surface area contributed by atoms with Crippen molar-refractivity contribution in [3.8, 4) is 0 Å². The molecule has 1 aromatic carbocycles. The van der Waals surface area contributed by atoms with Crippen molar-refractivity contribution in [3.63, 3.8) is 0 Å². The first-order valence-corrected chi connectivity index (χ1v) is 7.09. The lowest BCUT2D eigenvalue weighted by Gasteiger charge is -2.09. The number of nitrogens with zero attached hydrogens (tertiary/aromatic N) is 1. The highest BCUT2D eigenvalue weighted by molar-refractivity contribution is 9.10. The third-order valence-corrected chi connectivity index (χ3v) is 4.42. The topological polar surface area (TPSA) is 38.9 Å². The molecule has 0 radical (unpaired) electrons. The fourth-order valence-electron chi connectivity index (χ4n) is 1.57. The minimum absolute atomic E-state index is 0.211. The second-order valence-corrected chi connectivity index (χ2v) is 5.53. The van der Waals surface area contributed by atoms with E-state index >= 15 is 0 Å². The molecule has 5 heteroatoms. The molecule has 2 aromatic rings. The molecule has 0 spiro atoms. The maximum Gasteiger partial charge on any atom is 0.127 e. The van der Waals surface area contributed by atoms with Crippen molar-refractivity contribution in [3.05, 3.63) is 52.4 Å². The molecule has 0 saturated carbocycles. The Morgan fingerprint density at radius 3 is 2.83 bits per heavy atom. The van der Waals surface area contributed by atoms with Gasteiger partial charge in [-0.3, -0.25) is 0 Å². The Morgan fingerprint density at radius 2 is 2.11 bits per heavy atom. The second-order valence-electron chi connectivity index (χ2n) is 3.65. The zero-order chi connectivity index (χ0) is 13.0. The molecule has 0 aliphatic rings. The lowest BCUT2D eigenvalue weighted by Crippen LogP contribution is -2.05. The first kappa shape index (κ1) is 13.5. The maximum absolute atomic E-state index is 13.7. The van der Waals surface area contributed by atoms with Crippen LogP contribution >= 0.6 is 27.7 Å². The molecule has 0 unspecified atom stereocenters.